The van der Waals surface area contributed by atoms with Crippen LogP contribution in [0.25, 0.3) is 11.3 Å². The molecule has 0 unspecified atom stereocenters. The highest BCUT2D eigenvalue weighted by molar-refractivity contribution is 9.10. The molecule has 2 N–H and O–H groups in total. The van der Waals surface area contributed by atoms with Crippen molar-refractivity contribution in [3.8, 4) is 17.3 Å². The SMILES string of the molecule is N#CCCn1cc(C(N)=O)c(-c2cccc(Br)c2)n1. The molecule has 0 radical (unpaired) electrons. The Bertz CT molecular complexity index is 657. The number of hydrogen-bond donors (Lipinski definition) is 1. The zero-order valence-electron chi connectivity index (χ0n) is 10.0. The van der Waals surface area contributed by atoms with Crippen molar-refractivity contribution in [2.45, 2.75) is 13.0 Å². The fraction of sp³-hybridized carbons (Fsp3) is 0.154. The minimum absolute atomic E-state index is 0.331. The van der Waals surface area contributed by atoms with Crippen LogP contribution in [-0.2, 0) is 6.54 Å². The maximum Gasteiger partial charge on any atom is 0.252 e. The zero-order valence-corrected chi connectivity index (χ0v) is 11.6. The molecule has 1 aromatic carbocycles. The number of primary amides is 1. The van der Waals surface area contributed by atoms with E-state index in [0.717, 1.165) is 10.0 Å². The number of hydrogen-bond acceptors (Lipinski definition) is 3. The Labute approximate surface area is 118 Å². The molecule has 6 heteroatoms. The van der Waals surface area contributed by atoms with Crippen molar-refractivity contribution < 1.29 is 4.79 Å². The van der Waals surface area contributed by atoms with Gasteiger partial charge in [0.1, 0.15) is 5.69 Å². The molecule has 1 heterocycles. The molecule has 2 aromatic rings. The number of halogens is 1. The van der Waals surface area contributed by atoms with Crippen molar-refractivity contribution in [2.24, 2.45) is 5.73 Å². The average Bonchev–Trinajstić information content (AvgIpc) is 2.80. The Morgan fingerprint density at radius 3 is 2.95 bits per heavy atom. The van der Waals surface area contributed by atoms with Gasteiger partial charge in [0.05, 0.1) is 24.6 Å². The smallest absolute Gasteiger partial charge is 0.252 e. The number of nitrogens with two attached hydrogens (primary N) is 1. The van der Waals surface area contributed by atoms with Crippen molar-refractivity contribution in [3.63, 3.8) is 0 Å². The molecule has 96 valence electrons. The normalized spacial score (nSPS) is 10.1. The molecule has 19 heavy (non-hydrogen) atoms. The molecule has 1 amide bonds. The summed E-state index contributed by atoms with van der Waals surface area (Å²) >= 11 is 3.38. The van der Waals surface area contributed by atoms with E-state index in [2.05, 4.69) is 21.0 Å². The Morgan fingerprint density at radius 2 is 2.32 bits per heavy atom. The average molecular weight is 319 g/mol. The van der Waals surface area contributed by atoms with E-state index in [1.165, 1.54) is 0 Å². The summed E-state index contributed by atoms with van der Waals surface area (Å²) in [5.74, 6) is -0.529. The lowest BCUT2D eigenvalue weighted by Crippen LogP contribution is -2.11. The second-order valence-electron chi connectivity index (χ2n) is 3.94. The lowest BCUT2D eigenvalue weighted by molar-refractivity contribution is 0.100. The van der Waals surface area contributed by atoms with Crippen LogP contribution in [0.4, 0.5) is 0 Å². The second kappa shape index (κ2) is 5.67. The highest BCUT2D eigenvalue weighted by atomic mass is 79.9. The fourth-order valence-corrected chi connectivity index (χ4v) is 2.13. The standard InChI is InChI=1S/C13H11BrN4O/c14-10-4-1-3-9(7-10)12-11(13(16)19)8-18(17-12)6-2-5-15/h1,3-4,7-8H,2,6H2,(H2,16,19). The van der Waals surface area contributed by atoms with E-state index in [1.807, 2.05) is 30.3 Å². The quantitative estimate of drug-likeness (QED) is 0.938. The number of rotatable bonds is 4. The van der Waals surface area contributed by atoms with Gasteiger partial charge in [-0.3, -0.25) is 9.48 Å². The number of carbonyl (C=O) groups is 1. The van der Waals surface area contributed by atoms with Crippen LogP contribution >= 0.6 is 15.9 Å². The molecule has 5 nitrogen and oxygen atoms in total. The van der Waals surface area contributed by atoms with Gasteiger partial charge in [-0.1, -0.05) is 28.1 Å². The topological polar surface area (TPSA) is 84.7 Å². The largest absolute Gasteiger partial charge is 0.365 e. The van der Waals surface area contributed by atoms with Crippen molar-refractivity contribution >= 4 is 21.8 Å². The molecule has 0 saturated carbocycles. The highest BCUT2D eigenvalue weighted by Gasteiger charge is 2.15. The van der Waals surface area contributed by atoms with Crippen molar-refractivity contribution in [3.05, 3.63) is 40.5 Å². The Balaban J connectivity index is 2.46. The lowest BCUT2D eigenvalue weighted by atomic mass is 10.1. The van der Waals surface area contributed by atoms with Gasteiger partial charge in [-0.25, -0.2) is 0 Å². The number of aryl methyl sites for hydroxylation is 1. The first-order valence-electron chi connectivity index (χ1n) is 5.62. The zero-order chi connectivity index (χ0) is 13.8. The molecule has 0 spiro atoms. The molecule has 0 aliphatic carbocycles. The molecular weight excluding hydrogens is 308 g/mol. The summed E-state index contributed by atoms with van der Waals surface area (Å²) in [6, 6.07) is 9.51. The van der Waals surface area contributed by atoms with Crippen LogP contribution in [-0.4, -0.2) is 15.7 Å². The van der Waals surface area contributed by atoms with E-state index >= 15 is 0 Å². The van der Waals surface area contributed by atoms with E-state index in [9.17, 15) is 4.79 Å². The van der Waals surface area contributed by atoms with Crippen LogP contribution < -0.4 is 5.73 Å². The van der Waals surface area contributed by atoms with E-state index in [-0.39, 0.29) is 0 Å². The van der Waals surface area contributed by atoms with Gasteiger partial charge in [0.15, 0.2) is 0 Å². The molecule has 0 saturated heterocycles. The summed E-state index contributed by atoms with van der Waals surface area (Å²) in [4.78, 5) is 11.5. The Hall–Kier alpha value is -2.13. The van der Waals surface area contributed by atoms with Gasteiger partial charge in [-0.2, -0.15) is 10.4 Å². The number of nitriles is 1. The van der Waals surface area contributed by atoms with Gasteiger partial charge in [-0.15, -0.1) is 0 Å². The number of amides is 1. The summed E-state index contributed by atoms with van der Waals surface area (Å²) in [5.41, 5.74) is 7.06. The van der Waals surface area contributed by atoms with E-state index in [4.69, 9.17) is 11.0 Å². The molecule has 0 fully saturated rings. The van der Waals surface area contributed by atoms with Crippen LogP contribution in [0.2, 0.25) is 0 Å². The van der Waals surface area contributed by atoms with Crippen LogP contribution in [0.5, 0.6) is 0 Å². The van der Waals surface area contributed by atoms with Gasteiger partial charge in [0, 0.05) is 16.2 Å². The van der Waals surface area contributed by atoms with Gasteiger partial charge >= 0.3 is 0 Å². The van der Waals surface area contributed by atoms with Gasteiger partial charge < -0.3 is 5.73 Å². The number of nitrogens with zero attached hydrogens (tertiary/aromatic N) is 3. The lowest BCUT2D eigenvalue weighted by Gasteiger charge is -2.00. The van der Waals surface area contributed by atoms with Crippen LogP contribution in [0.3, 0.4) is 0 Å². The maximum atomic E-state index is 11.5. The molecule has 2 rings (SSSR count). The summed E-state index contributed by atoms with van der Waals surface area (Å²) < 4.78 is 2.46. The van der Waals surface area contributed by atoms with Gasteiger partial charge in [0.25, 0.3) is 5.91 Å². The van der Waals surface area contributed by atoms with Crippen molar-refractivity contribution in [2.75, 3.05) is 0 Å². The Kier molecular flexibility index (Phi) is 3.97. The molecule has 0 atom stereocenters. The molecule has 0 bridgehead atoms. The summed E-state index contributed by atoms with van der Waals surface area (Å²) in [5, 5.41) is 12.9. The summed E-state index contributed by atoms with van der Waals surface area (Å²) in [6.07, 6.45) is 1.91. The van der Waals surface area contributed by atoms with Crippen molar-refractivity contribution in [1.29, 1.82) is 5.26 Å². The first-order valence-corrected chi connectivity index (χ1v) is 6.41. The third-order valence-corrected chi connectivity index (χ3v) is 3.07. The van der Waals surface area contributed by atoms with Crippen LogP contribution in [0, 0.1) is 11.3 Å². The number of carbonyl (C=O) groups excluding carboxylic acids is 1. The first-order chi connectivity index (χ1) is 9.11. The molecule has 0 aliphatic rings. The molecule has 1 aromatic heterocycles. The van der Waals surface area contributed by atoms with Crippen LogP contribution in [0.15, 0.2) is 34.9 Å². The predicted molar refractivity (Wildman–Crippen MR) is 74.1 cm³/mol. The van der Waals surface area contributed by atoms with E-state index in [0.29, 0.717) is 24.2 Å². The Morgan fingerprint density at radius 1 is 1.53 bits per heavy atom. The third-order valence-electron chi connectivity index (χ3n) is 2.58. The minimum atomic E-state index is -0.529. The predicted octanol–water partition coefficient (Wildman–Crippen LogP) is 2.33. The highest BCUT2D eigenvalue weighted by Crippen LogP contribution is 2.24. The van der Waals surface area contributed by atoms with Crippen LogP contribution in [0.1, 0.15) is 16.8 Å². The number of aromatic nitrogens is 2. The third kappa shape index (κ3) is 3.01. The minimum Gasteiger partial charge on any atom is -0.365 e. The van der Waals surface area contributed by atoms with E-state index < -0.39 is 5.91 Å². The second-order valence-corrected chi connectivity index (χ2v) is 4.85. The van der Waals surface area contributed by atoms with Gasteiger partial charge in [-0.05, 0) is 12.1 Å². The fourth-order valence-electron chi connectivity index (χ4n) is 1.73. The van der Waals surface area contributed by atoms with Gasteiger partial charge in [0.2, 0.25) is 0 Å². The number of benzene rings is 1. The summed E-state index contributed by atoms with van der Waals surface area (Å²) in [7, 11) is 0. The first kappa shape index (κ1) is 13.3. The van der Waals surface area contributed by atoms with Crippen molar-refractivity contribution in [1.82, 2.24) is 9.78 Å². The summed E-state index contributed by atoms with van der Waals surface area (Å²) in [6.45, 7) is 0.435. The monoisotopic (exact) mass is 318 g/mol. The van der Waals surface area contributed by atoms with E-state index in [1.54, 1.807) is 10.9 Å². The molecular formula is C13H11BrN4O. The maximum absolute atomic E-state index is 11.5. The molecule has 0 aliphatic heterocycles.